The number of aryl methyl sites for hydroxylation is 3. The molecule has 0 aliphatic heterocycles. The molecule has 0 saturated heterocycles. The molecule has 3 rings (SSSR count). The van der Waals surface area contributed by atoms with Crippen LogP contribution in [0.2, 0.25) is 5.02 Å². The number of carbonyl (C=O) groups excluding carboxylic acids is 1. The van der Waals surface area contributed by atoms with Gasteiger partial charge in [0.05, 0.1) is 17.1 Å². The fourth-order valence-corrected chi connectivity index (χ4v) is 3.99. The molecule has 1 amide bonds. The second-order valence-corrected chi connectivity index (χ2v) is 8.35. The Kier molecular flexibility index (Phi) is 6.42. The lowest BCUT2D eigenvalue weighted by Gasteiger charge is -2.14. The van der Waals surface area contributed by atoms with Crippen molar-refractivity contribution in [3.8, 4) is 5.75 Å². The van der Waals surface area contributed by atoms with Crippen molar-refractivity contribution in [3.05, 3.63) is 68.1 Å². The monoisotopic (exact) mass is 417 g/mol. The van der Waals surface area contributed by atoms with Crippen LogP contribution in [0.15, 0.2) is 35.7 Å². The molecule has 148 valence electrons. The van der Waals surface area contributed by atoms with E-state index in [0.717, 1.165) is 28.3 Å². The summed E-state index contributed by atoms with van der Waals surface area (Å²) in [6.45, 7) is 8.97. The van der Waals surface area contributed by atoms with Crippen molar-refractivity contribution >= 4 is 28.8 Å². The van der Waals surface area contributed by atoms with Gasteiger partial charge in [-0.25, -0.2) is 0 Å². The summed E-state index contributed by atoms with van der Waals surface area (Å²) in [5.41, 5.74) is 4.02. The van der Waals surface area contributed by atoms with Crippen LogP contribution >= 0.6 is 22.9 Å². The summed E-state index contributed by atoms with van der Waals surface area (Å²) in [4.78, 5) is 13.2. The minimum Gasteiger partial charge on any atom is -0.489 e. The largest absolute Gasteiger partial charge is 0.489 e. The van der Waals surface area contributed by atoms with E-state index in [4.69, 9.17) is 16.3 Å². The number of thiophene rings is 1. The second-order valence-electron chi connectivity index (χ2n) is 7.00. The Labute approximate surface area is 174 Å². The molecule has 0 bridgehead atoms. The van der Waals surface area contributed by atoms with Crippen LogP contribution in [0.1, 0.15) is 39.1 Å². The van der Waals surface area contributed by atoms with Crippen LogP contribution in [0.4, 0.5) is 0 Å². The van der Waals surface area contributed by atoms with Gasteiger partial charge in [-0.2, -0.15) is 5.10 Å². The van der Waals surface area contributed by atoms with E-state index >= 15 is 0 Å². The number of carbonyl (C=O) groups is 1. The molecule has 1 N–H and O–H groups in total. The highest BCUT2D eigenvalue weighted by atomic mass is 35.5. The lowest BCUT2D eigenvalue weighted by atomic mass is 10.2. The molecule has 1 atom stereocenters. The molecule has 3 aromatic rings. The highest BCUT2D eigenvalue weighted by Gasteiger charge is 2.14. The fourth-order valence-electron chi connectivity index (χ4n) is 2.97. The third-order valence-corrected chi connectivity index (χ3v) is 5.55. The minimum absolute atomic E-state index is 0.0241. The summed E-state index contributed by atoms with van der Waals surface area (Å²) >= 11 is 7.39. The molecule has 28 heavy (non-hydrogen) atoms. The average Bonchev–Trinajstić information content (AvgIpc) is 3.20. The number of hydrogen-bond acceptors (Lipinski definition) is 4. The lowest BCUT2D eigenvalue weighted by molar-refractivity contribution is 0.0940. The van der Waals surface area contributed by atoms with Gasteiger partial charge in [-0.05, 0) is 69.0 Å². The first-order chi connectivity index (χ1) is 13.3. The van der Waals surface area contributed by atoms with Crippen LogP contribution in [0.25, 0.3) is 0 Å². The maximum Gasteiger partial charge on any atom is 0.261 e. The maximum absolute atomic E-state index is 12.5. The molecule has 7 heteroatoms. The van der Waals surface area contributed by atoms with Crippen molar-refractivity contribution in [2.24, 2.45) is 0 Å². The molecule has 0 radical (unpaired) electrons. The minimum atomic E-state index is -0.0760. The summed E-state index contributed by atoms with van der Waals surface area (Å²) in [5, 5.41) is 10.1. The van der Waals surface area contributed by atoms with Crippen LogP contribution in [0.3, 0.4) is 0 Å². The smallest absolute Gasteiger partial charge is 0.261 e. The molecule has 1 unspecified atom stereocenters. The molecule has 0 spiro atoms. The Morgan fingerprint density at radius 3 is 2.75 bits per heavy atom. The van der Waals surface area contributed by atoms with Gasteiger partial charge in [-0.3, -0.25) is 9.48 Å². The maximum atomic E-state index is 12.5. The van der Waals surface area contributed by atoms with Gasteiger partial charge in [-0.1, -0.05) is 11.6 Å². The second kappa shape index (κ2) is 8.80. The quantitative estimate of drug-likeness (QED) is 0.593. The summed E-state index contributed by atoms with van der Waals surface area (Å²) in [5.74, 6) is 0.716. The Balaban J connectivity index is 1.55. The first kappa shape index (κ1) is 20.4. The van der Waals surface area contributed by atoms with Gasteiger partial charge in [0.15, 0.2) is 0 Å². The molecule has 0 aliphatic carbocycles. The first-order valence-corrected chi connectivity index (χ1v) is 10.4. The van der Waals surface area contributed by atoms with Crippen LogP contribution in [-0.4, -0.2) is 21.7 Å². The molecule has 0 saturated carbocycles. The predicted molar refractivity (Wildman–Crippen MR) is 113 cm³/mol. The third-order valence-electron chi connectivity index (χ3n) is 4.34. The summed E-state index contributed by atoms with van der Waals surface area (Å²) in [6, 6.07) is 9.42. The third kappa shape index (κ3) is 5.14. The number of aromatic nitrogens is 2. The van der Waals surface area contributed by atoms with Crippen molar-refractivity contribution in [1.29, 1.82) is 0 Å². The van der Waals surface area contributed by atoms with Crippen LogP contribution in [-0.2, 0) is 13.2 Å². The SMILES string of the molecule is Cc1cc(C)n(CC(C)NC(=O)c2cc(COc3ccc(Cl)cc3C)cs2)n1. The number of nitrogens with zero attached hydrogens (tertiary/aromatic N) is 2. The molecule has 2 aromatic heterocycles. The number of hydrogen-bond donors (Lipinski definition) is 1. The molecular weight excluding hydrogens is 394 g/mol. The van der Waals surface area contributed by atoms with Gasteiger partial charge in [0.1, 0.15) is 12.4 Å². The molecule has 5 nitrogen and oxygen atoms in total. The highest BCUT2D eigenvalue weighted by Crippen LogP contribution is 2.24. The number of rotatable bonds is 7. The van der Waals surface area contributed by atoms with Crippen molar-refractivity contribution in [2.75, 3.05) is 0 Å². The van der Waals surface area contributed by atoms with Crippen molar-refractivity contribution in [2.45, 2.75) is 46.9 Å². The zero-order valence-corrected chi connectivity index (χ0v) is 18.0. The standard InChI is InChI=1S/C21H24ClN3O2S/c1-13-7-18(22)5-6-19(13)27-11-17-9-20(28-12-17)21(26)23-15(3)10-25-16(4)8-14(2)24-25/h5-9,12,15H,10-11H2,1-4H3,(H,23,26). The number of halogens is 1. The number of amides is 1. The topological polar surface area (TPSA) is 56.2 Å². The Bertz CT molecular complexity index is 980. The summed E-state index contributed by atoms with van der Waals surface area (Å²) in [7, 11) is 0. The molecule has 0 aliphatic rings. The number of ether oxygens (including phenoxy) is 1. The van der Waals surface area contributed by atoms with E-state index in [2.05, 4.69) is 10.4 Å². The highest BCUT2D eigenvalue weighted by molar-refractivity contribution is 7.12. The molecule has 2 heterocycles. The van der Waals surface area contributed by atoms with E-state index in [0.29, 0.717) is 23.1 Å². The Morgan fingerprint density at radius 2 is 2.07 bits per heavy atom. The van der Waals surface area contributed by atoms with Gasteiger partial charge < -0.3 is 10.1 Å². The van der Waals surface area contributed by atoms with E-state index in [1.165, 1.54) is 11.3 Å². The Morgan fingerprint density at radius 1 is 1.29 bits per heavy atom. The van der Waals surface area contributed by atoms with E-state index in [9.17, 15) is 4.79 Å². The number of benzene rings is 1. The zero-order chi connectivity index (χ0) is 20.3. The van der Waals surface area contributed by atoms with Gasteiger partial charge in [0.25, 0.3) is 5.91 Å². The van der Waals surface area contributed by atoms with E-state index in [-0.39, 0.29) is 11.9 Å². The zero-order valence-electron chi connectivity index (χ0n) is 16.5. The van der Waals surface area contributed by atoms with Gasteiger partial charge in [-0.15, -0.1) is 11.3 Å². The predicted octanol–water partition coefficient (Wildman–Crippen LogP) is 4.92. The van der Waals surface area contributed by atoms with E-state index < -0.39 is 0 Å². The van der Waals surface area contributed by atoms with Crippen LogP contribution < -0.4 is 10.1 Å². The summed E-state index contributed by atoms with van der Waals surface area (Å²) < 4.78 is 7.77. The van der Waals surface area contributed by atoms with Crippen molar-refractivity contribution < 1.29 is 9.53 Å². The molecule has 1 aromatic carbocycles. The van der Waals surface area contributed by atoms with E-state index in [1.807, 2.05) is 62.0 Å². The van der Waals surface area contributed by atoms with Crippen LogP contribution in [0.5, 0.6) is 5.75 Å². The average molecular weight is 418 g/mol. The van der Waals surface area contributed by atoms with Gasteiger partial charge in [0.2, 0.25) is 0 Å². The van der Waals surface area contributed by atoms with E-state index in [1.54, 1.807) is 6.07 Å². The Hall–Kier alpha value is -2.31. The summed E-state index contributed by atoms with van der Waals surface area (Å²) in [6.07, 6.45) is 0. The molecule has 0 fully saturated rings. The van der Waals surface area contributed by atoms with Crippen molar-refractivity contribution in [1.82, 2.24) is 15.1 Å². The van der Waals surface area contributed by atoms with Gasteiger partial charge in [0, 0.05) is 22.3 Å². The normalized spacial score (nSPS) is 12.0. The molecular formula is C21H24ClN3O2S. The lowest BCUT2D eigenvalue weighted by Crippen LogP contribution is -2.35. The van der Waals surface area contributed by atoms with Crippen LogP contribution in [0, 0.1) is 20.8 Å². The number of nitrogens with one attached hydrogen (secondary N) is 1. The first-order valence-electron chi connectivity index (χ1n) is 9.10. The fraction of sp³-hybridized carbons (Fsp3) is 0.333. The van der Waals surface area contributed by atoms with Gasteiger partial charge >= 0.3 is 0 Å². The van der Waals surface area contributed by atoms with Crippen molar-refractivity contribution in [3.63, 3.8) is 0 Å².